The minimum absolute atomic E-state index is 0.111. The molecule has 0 fully saturated rings. The number of hydrazine groups is 1. The second-order valence-electron chi connectivity index (χ2n) is 8.89. The van der Waals surface area contributed by atoms with Crippen LogP contribution in [0.15, 0.2) is 36.5 Å². The van der Waals surface area contributed by atoms with E-state index in [4.69, 9.17) is 11.6 Å². The third kappa shape index (κ3) is 6.30. The minimum atomic E-state index is -0.438. The van der Waals surface area contributed by atoms with E-state index in [1.54, 1.807) is 12.1 Å². The Bertz CT molecular complexity index is 885. The Kier molecular flexibility index (Phi) is 8.02. The highest BCUT2D eigenvalue weighted by Gasteiger charge is 2.34. The number of nitrogens with zero attached hydrogens (tertiary/aromatic N) is 2. The molecule has 0 bridgehead atoms. The van der Waals surface area contributed by atoms with Crippen molar-refractivity contribution in [3.8, 4) is 0 Å². The minimum Gasteiger partial charge on any atom is -0.273 e. The van der Waals surface area contributed by atoms with E-state index in [1.807, 2.05) is 26.0 Å². The van der Waals surface area contributed by atoms with Crippen LogP contribution in [0.1, 0.15) is 67.6 Å². The molecule has 0 saturated carbocycles. The topological polar surface area (TPSA) is 62.3 Å². The van der Waals surface area contributed by atoms with E-state index in [0.29, 0.717) is 0 Å². The molecule has 5 nitrogen and oxygen atoms in total. The molecular formula is C24H32ClN3O2. The number of carbonyl (C=O) groups is 2. The van der Waals surface area contributed by atoms with Crippen LogP contribution >= 0.6 is 11.6 Å². The van der Waals surface area contributed by atoms with Gasteiger partial charge in [0.15, 0.2) is 0 Å². The van der Waals surface area contributed by atoms with E-state index in [-0.39, 0.29) is 34.5 Å². The molecule has 1 atom stereocenters. The number of amides is 2. The average Bonchev–Trinajstić information content (AvgIpc) is 2.63. The molecular weight excluding hydrogens is 398 g/mol. The monoisotopic (exact) mass is 429 g/mol. The van der Waals surface area contributed by atoms with Gasteiger partial charge < -0.3 is 0 Å². The zero-order valence-corrected chi connectivity index (χ0v) is 19.5. The van der Waals surface area contributed by atoms with Crippen LogP contribution in [0.3, 0.4) is 0 Å². The fourth-order valence-corrected chi connectivity index (χ4v) is 3.90. The van der Waals surface area contributed by atoms with Gasteiger partial charge in [-0.2, -0.15) is 0 Å². The van der Waals surface area contributed by atoms with Gasteiger partial charge in [0.25, 0.3) is 5.91 Å². The molecule has 0 spiro atoms. The lowest BCUT2D eigenvalue weighted by Crippen LogP contribution is -2.56. The lowest BCUT2D eigenvalue weighted by Gasteiger charge is -2.40. The van der Waals surface area contributed by atoms with Gasteiger partial charge in [-0.1, -0.05) is 75.0 Å². The Morgan fingerprint density at radius 1 is 1.17 bits per heavy atom. The first-order valence-electron chi connectivity index (χ1n) is 10.3. The summed E-state index contributed by atoms with van der Waals surface area (Å²) >= 11 is 6.10. The number of aromatic nitrogens is 1. The summed E-state index contributed by atoms with van der Waals surface area (Å²) in [4.78, 5) is 30.3. The fourth-order valence-electron chi connectivity index (χ4n) is 3.69. The van der Waals surface area contributed by atoms with Crippen LogP contribution in [-0.2, 0) is 11.2 Å². The number of rotatable bonds is 6. The van der Waals surface area contributed by atoms with Gasteiger partial charge in [-0.25, -0.2) is 9.99 Å². The SMILES string of the molecule is CCCC(N(NC(=O)c1cccnc1Cl)C(=O)Cc1cc(C)cc(C)c1)C(C)(C)C. The van der Waals surface area contributed by atoms with Gasteiger partial charge in [-0.3, -0.25) is 15.0 Å². The molecule has 1 aromatic carbocycles. The van der Waals surface area contributed by atoms with Crippen LogP contribution in [0, 0.1) is 19.3 Å². The number of nitrogens with one attached hydrogen (secondary N) is 1. The Morgan fingerprint density at radius 3 is 2.33 bits per heavy atom. The summed E-state index contributed by atoms with van der Waals surface area (Å²) in [5.74, 6) is -0.589. The van der Waals surface area contributed by atoms with Crippen LogP contribution in [0.5, 0.6) is 0 Å². The molecule has 1 heterocycles. The highest BCUT2D eigenvalue weighted by molar-refractivity contribution is 6.32. The Labute approximate surface area is 184 Å². The van der Waals surface area contributed by atoms with Gasteiger partial charge in [-0.15, -0.1) is 0 Å². The summed E-state index contributed by atoms with van der Waals surface area (Å²) in [5.41, 5.74) is 6.00. The average molecular weight is 430 g/mol. The summed E-state index contributed by atoms with van der Waals surface area (Å²) in [7, 11) is 0. The van der Waals surface area contributed by atoms with E-state index < -0.39 is 5.91 Å². The summed E-state index contributed by atoms with van der Waals surface area (Å²) in [6, 6.07) is 9.18. The van der Waals surface area contributed by atoms with Crippen LogP contribution < -0.4 is 5.43 Å². The molecule has 6 heteroatoms. The van der Waals surface area contributed by atoms with Crippen LogP contribution in [0.4, 0.5) is 0 Å². The molecule has 1 unspecified atom stereocenters. The summed E-state index contributed by atoms with van der Waals surface area (Å²) in [6.07, 6.45) is 3.39. The standard InChI is InChI=1S/C24H32ClN3O2/c1-7-9-20(24(4,5)6)28(27-23(30)19-10-8-11-26-22(19)25)21(29)15-18-13-16(2)12-17(3)14-18/h8,10-14,20H,7,9,15H2,1-6H3,(H,27,30). The molecule has 0 aliphatic heterocycles. The molecule has 162 valence electrons. The van der Waals surface area contributed by atoms with Gasteiger partial charge >= 0.3 is 0 Å². The van der Waals surface area contributed by atoms with Gasteiger partial charge in [-0.05, 0) is 43.4 Å². The maximum Gasteiger partial charge on any atom is 0.273 e. The molecule has 30 heavy (non-hydrogen) atoms. The quantitative estimate of drug-likeness (QED) is 0.501. The first-order valence-corrected chi connectivity index (χ1v) is 10.7. The third-order valence-corrected chi connectivity index (χ3v) is 5.31. The van der Waals surface area contributed by atoms with E-state index in [1.165, 1.54) is 11.2 Å². The number of carbonyl (C=O) groups excluding carboxylic acids is 2. The first kappa shape index (κ1) is 23.9. The van der Waals surface area contributed by atoms with E-state index in [2.05, 4.69) is 44.2 Å². The molecule has 1 aromatic heterocycles. The van der Waals surface area contributed by atoms with Crippen molar-refractivity contribution in [3.63, 3.8) is 0 Å². The maximum absolute atomic E-state index is 13.4. The second kappa shape index (κ2) is 10.1. The molecule has 2 amide bonds. The fraction of sp³-hybridized carbons (Fsp3) is 0.458. The molecule has 0 saturated heterocycles. The Balaban J connectivity index is 2.37. The highest BCUT2D eigenvalue weighted by atomic mass is 35.5. The van der Waals surface area contributed by atoms with Crippen molar-refractivity contribution < 1.29 is 9.59 Å². The Hall–Kier alpha value is -2.40. The van der Waals surface area contributed by atoms with Gasteiger partial charge in [0, 0.05) is 6.20 Å². The smallest absolute Gasteiger partial charge is 0.273 e. The van der Waals surface area contributed by atoms with E-state index >= 15 is 0 Å². The third-order valence-electron chi connectivity index (χ3n) is 5.00. The number of aryl methyl sites for hydroxylation is 2. The van der Waals surface area contributed by atoms with Gasteiger partial charge in [0.05, 0.1) is 18.0 Å². The van der Waals surface area contributed by atoms with Gasteiger partial charge in [0.2, 0.25) is 5.91 Å². The predicted molar refractivity (Wildman–Crippen MR) is 121 cm³/mol. The summed E-state index contributed by atoms with van der Waals surface area (Å²) in [6.45, 7) is 12.3. The second-order valence-corrected chi connectivity index (χ2v) is 9.25. The number of hydrogen-bond donors (Lipinski definition) is 1. The Morgan fingerprint density at radius 2 is 1.80 bits per heavy atom. The normalized spacial score (nSPS) is 12.4. The van der Waals surface area contributed by atoms with Crippen LogP contribution in [-0.4, -0.2) is 27.8 Å². The van der Waals surface area contributed by atoms with Crippen molar-refractivity contribution in [3.05, 3.63) is 63.9 Å². The van der Waals surface area contributed by atoms with E-state index in [9.17, 15) is 9.59 Å². The van der Waals surface area contributed by atoms with Crippen LogP contribution in [0.25, 0.3) is 0 Å². The molecule has 2 aromatic rings. The molecule has 0 radical (unpaired) electrons. The number of halogens is 1. The highest BCUT2D eigenvalue weighted by Crippen LogP contribution is 2.28. The van der Waals surface area contributed by atoms with Crippen LogP contribution in [0.2, 0.25) is 5.15 Å². The largest absolute Gasteiger partial charge is 0.273 e. The van der Waals surface area contributed by atoms with Crippen molar-refractivity contribution in [2.45, 2.75) is 66.8 Å². The van der Waals surface area contributed by atoms with Crippen molar-refractivity contribution >= 4 is 23.4 Å². The zero-order valence-electron chi connectivity index (χ0n) is 18.8. The maximum atomic E-state index is 13.4. The van der Waals surface area contributed by atoms with Crippen molar-refractivity contribution in [2.75, 3.05) is 0 Å². The molecule has 2 rings (SSSR count). The molecule has 0 aliphatic rings. The summed E-state index contributed by atoms with van der Waals surface area (Å²) < 4.78 is 0. The lowest BCUT2D eigenvalue weighted by atomic mass is 9.83. The summed E-state index contributed by atoms with van der Waals surface area (Å²) in [5, 5.41) is 1.62. The number of pyridine rings is 1. The first-order chi connectivity index (χ1) is 14.0. The zero-order chi connectivity index (χ0) is 22.5. The predicted octanol–water partition coefficient (Wildman–Crippen LogP) is 5.28. The number of hydrogen-bond acceptors (Lipinski definition) is 3. The molecule has 0 aliphatic carbocycles. The van der Waals surface area contributed by atoms with E-state index in [0.717, 1.165) is 29.5 Å². The number of benzene rings is 1. The van der Waals surface area contributed by atoms with Crippen molar-refractivity contribution in [2.24, 2.45) is 5.41 Å². The van der Waals surface area contributed by atoms with Crippen molar-refractivity contribution in [1.82, 2.24) is 15.4 Å². The van der Waals surface area contributed by atoms with Gasteiger partial charge in [0.1, 0.15) is 5.15 Å². The van der Waals surface area contributed by atoms with Crippen molar-refractivity contribution in [1.29, 1.82) is 0 Å². The lowest BCUT2D eigenvalue weighted by molar-refractivity contribution is -0.138. The molecule has 1 N–H and O–H groups in total.